The summed E-state index contributed by atoms with van der Waals surface area (Å²) in [6, 6.07) is 4.85. The molecule has 0 saturated carbocycles. The Hall–Kier alpha value is -1.20. The van der Waals surface area contributed by atoms with E-state index in [0.717, 1.165) is 0 Å². The van der Waals surface area contributed by atoms with Crippen molar-refractivity contribution >= 4 is 5.82 Å². The SMILES string of the molecule is CC1COC(CO)CN1c1cccc(F)n1. The van der Waals surface area contributed by atoms with Crippen LogP contribution in [-0.4, -0.2) is 42.0 Å². The van der Waals surface area contributed by atoms with Gasteiger partial charge in [-0.1, -0.05) is 6.07 Å². The number of anilines is 1. The van der Waals surface area contributed by atoms with Crippen molar-refractivity contribution in [3.63, 3.8) is 0 Å². The van der Waals surface area contributed by atoms with Crippen LogP contribution in [0.1, 0.15) is 6.92 Å². The van der Waals surface area contributed by atoms with Crippen LogP contribution in [0.5, 0.6) is 0 Å². The second-order valence-electron chi connectivity index (χ2n) is 3.96. The fraction of sp³-hybridized carbons (Fsp3) is 0.545. The minimum Gasteiger partial charge on any atom is -0.394 e. The maximum atomic E-state index is 13.0. The van der Waals surface area contributed by atoms with Gasteiger partial charge in [-0.2, -0.15) is 4.39 Å². The Kier molecular flexibility index (Phi) is 3.36. The van der Waals surface area contributed by atoms with Gasteiger partial charge in [0.25, 0.3) is 0 Å². The predicted molar refractivity (Wildman–Crippen MR) is 57.8 cm³/mol. The van der Waals surface area contributed by atoms with Gasteiger partial charge in [0, 0.05) is 6.54 Å². The molecule has 0 aromatic carbocycles. The maximum Gasteiger partial charge on any atom is 0.214 e. The summed E-state index contributed by atoms with van der Waals surface area (Å²) in [6.45, 7) is 3.01. The third-order valence-corrected chi connectivity index (χ3v) is 2.70. The summed E-state index contributed by atoms with van der Waals surface area (Å²) in [5, 5.41) is 9.05. The molecule has 4 nitrogen and oxygen atoms in total. The van der Waals surface area contributed by atoms with Crippen LogP contribution in [0.25, 0.3) is 0 Å². The van der Waals surface area contributed by atoms with E-state index in [4.69, 9.17) is 9.84 Å². The lowest BCUT2D eigenvalue weighted by atomic mass is 10.2. The maximum absolute atomic E-state index is 13.0. The average Bonchev–Trinajstić information content (AvgIpc) is 2.30. The van der Waals surface area contributed by atoms with Crippen molar-refractivity contribution in [1.82, 2.24) is 4.98 Å². The quantitative estimate of drug-likeness (QED) is 0.758. The van der Waals surface area contributed by atoms with E-state index in [0.29, 0.717) is 19.0 Å². The number of halogens is 1. The number of morpholine rings is 1. The highest BCUT2D eigenvalue weighted by atomic mass is 19.1. The summed E-state index contributed by atoms with van der Waals surface area (Å²) in [5.74, 6) is 0.103. The normalized spacial score (nSPS) is 25.8. The van der Waals surface area contributed by atoms with Crippen LogP contribution in [-0.2, 0) is 4.74 Å². The van der Waals surface area contributed by atoms with Crippen molar-refractivity contribution in [3.8, 4) is 0 Å². The Bertz CT molecular complexity index is 362. The van der Waals surface area contributed by atoms with Crippen LogP contribution in [0, 0.1) is 5.95 Å². The molecule has 0 radical (unpaired) electrons. The Morgan fingerprint density at radius 2 is 2.44 bits per heavy atom. The van der Waals surface area contributed by atoms with Gasteiger partial charge in [-0.15, -0.1) is 0 Å². The van der Waals surface area contributed by atoms with E-state index in [2.05, 4.69) is 4.98 Å². The van der Waals surface area contributed by atoms with Crippen LogP contribution in [0.2, 0.25) is 0 Å². The molecule has 2 heterocycles. The van der Waals surface area contributed by atoms with E-state index in [-0.39, 0.29) is 18.8 Å². The lowest BCUT2D eigenvalue weighted by molar-refractivity contribution is -0.0106. The van der Waals surface area contributed by atoms with Crippen LogP contribution in [0.3, 0.4) is 0 Å². The molecule has 2 atom stereocenters. The number of hydrogen-bond acceptors (Lipinski definition) is 4. The molecule has 5 heteroatoms. The first kappa shape index (κ1) is 11.3. The molecule has 1 fully saturated rings. The highest BCUT2D eigenvalue weighted by Gasteiger charge is 2.26. The third kappa shape index (κ3) is 2.31. The largest absolute Gasteiger partial charge is 0.394 e. The summed E-state index contributed by atoms with van der Waals surface area (Å²) in [6.07, 6.45) is -0.221. The lowest BCUT2D eigenvalue weighted by Crippen LogP contribution is -2.50. The molecule has 1 aromatic rings. The molecule has 1 N–H and O–H groups in total. The monoisotopic (exact) mass is 226 g/mol. The van der Waals surface area contributed by atoms with Crippen molar-refractivity contribution in [2.24, 2.45) is 0 Å². The topological polar surface area (TPSA) is 45.6 Å². The first-order valence-corrected chi connectivity index (χ1v) is 5.32. The molecule has 88 valence electrons. The Morgan fingerprint density at radius 1 is 1.62 bits per heavy atom. The molecular formula is C11H15FN2O2. The Labute approximate surface area is 93.7 Å². The van der Waals surface area contributed by atoms with Gasteiger partial charge in [-0.25, -0.2) is 4.98 Å². The minimum absolute atomic E-state index is 0.0292. The standard InChI is InChI=1S/C11H15FN2O2/c1-8-7-16-9(6-15)5-14(8)11-4-2-3-10(12)13-11/h2-4,8-9,15H,5-7H2,1H3. The smallest absolute Gasteiger partial charge is 0.214 e. The van der Waals surface area contributed by atoms with Gasteiger partial charge in [0.05, 0.1) is 25.4 Å². The highest BCUT2D eigenvalue weighted by molar-refractivity contribution is 5.40. The lowest BCUT2D eigenvalue weighted by Gasteiger charge is -2.38. The molecule has 1 aliphatic rings. The van der Waals surface area contributed by atoms with Gasteiger partial charge in [0.1, 0.15) is 5.82 Å². The second kappa shape index (κ2) is 4.76. The van der Waals surface area contributed by atoms with Gasteiger partial charge in [0.15, 0.2) is 0 Å². The first-order chi connectivity index (χ1) is 7.70. The predicted octanol–water partition coefficient (Wildman–Crippen LogP) is 0.807. The zero-order valence-electron chi connectivity index (χ0n) is 9.14. The summed E-state index contributed by atoms with van der Waals surface area (Å²) in [5.41, 5.74) is 0. The van der Waals surface area contributed by atoms with E-state index >= 15 is 0 Å². The van der Waals surface area contributed by atoms with Gasteiger partial charge in [-0.3, -0.25) is 0 Å². The summed E-state index contributed by atoms with van der Waals surface area (Å²) in [4.78, 5) is 5.79. The number of ether oxygens (including phenoxy) is 1. The van der Waals surface area contributed by atoms with Crippen molar-refractivity contribution in [3.05, 3.63) is 24.1 Å². The van der Waals surface area contributed by atoms with Crippen LogP contribution < -0.4 is 4.90 Å². The minimum atomic E-state index is -0.489. The average molecular weight is 226 g/mol. The molecule has 2 rings (SSSR count). The van der Waals surface area contributed by atoms with Crippen molar-refractivity contribution in [1.29, 1.82) is 0 Å². The molecule has 0 bridgehead atoms. The fourth-order valence-electron chi connectivity index (χ4n) is 1.80. The third-order valence-electron chi connectivity index (χ3n) is 2.70. The zero-order chi connectivity index (χ0) is 11.5. The molecule has 2 unspecified atom stereocenters. The van der Waals surface area contributed by atoms with E-state index in [1.807, 2.05) is 11.8 Å². The van der Waals surface area contributed by atoms with E-state index in [1.54, 1.807) is 12.1 Å². The number of nitrogens with zero attached hydrogens (tertiary/aromatic N) is 2. The van der Waals surface area contributed by atoms with Gasteiger partial charge in [0.2, 0.25) is 5.95 Å². The fourth-order valence-corrected chi connectivity index (χ4v) is 1.80. The molecule has 1 aromatic heterocycles. The number of pyridine rings is 1. The molecular weight excluding hydrogens is 211 g/mol. The molecule has 16 heavy (non-hydrogen) atoms. The second-order valence-corrected chi connectivity index (χ2v) is 3.96. The van der Waals surface area contributed by atoms with E-state index in [9.17, 15) is 4.39 Å². The molecule has 1 saturated heterocycles. The number of aliphatic hydroxyl groups is 1. The van der Waals surface area contributed by atoms with Crippen molar-refractivity contribution in [2.45, 2.75) is 19.1 Å². The van der Waals surface area contributed by atoms with Crippen molar-refractivity contribution in [2.75, 3.05) is 24.7 Å². The Morgan fingerprint density at radius 3 is 3.12 bits per heavy atom. The molecule has 0 spiro atoms. The highest BCUT2D eigenvalue weighted by Crippen LogP contribution is 2.19. The first-order valence-electron chi connectivity index (χ1n) is 5.32. The summed E-state index contributed by atoms with van der Waals surface area (Å²) >= 11 is 0. The summed E-state index contributed by atoms with van der Waals surface area (Å²) in [7, 11) is 0. The molecule has 0 aliphatic carbocycles. The van der Waals surface area contributed by atoms with Crippen LogP contribution >= 0.6 is 0 Å². The number of hydrogen-bond donors (Lipinski definition) is 1. The molecule has 0 amide bonds. The number of aromatic nitrogens is 1. The number of aliphatic hydroxyl groups excluding tert-OH is 1. The van der Waals surface area contributed by atoms with Gasteiger partial charge >= 0.3 is 0 Å². The summed E-state index contributed by atoms with van der Waals surface area (Å²) < 4.78 is 18.4. The van der Waals surface area contributed by atoms with E-state index < -0.39 is 5.95 Å². The Balaban J connectivity index is 2.17. The van der Waals surface area contributed by atoms with Gasteiger partial charge < -0.3 is 14.7 Å². The van der Waals surface area contributed by atoms with Crippen LogP contribution in [0.4, 0.5) is 10.2 Å². The van der Waals surface area contributed by atoms with Crippen LogP contribution in [0.15, 0.2) is 18.2 Å². The van der Waals surface area contributed by atoms with Gasteiger partial charge in [-0.05, 0) is 19.1 Å². The zero-order valence-corrected chi connectivity index (χ0v) is 9.14. The molecule has 1 aliphatic heterocycles. The van der Waals surface area contributed by atoms with Crippen molar-refractivity contribution < 1.29 is 14.2 Å². The van der Waals surface area contributed by atoms with E-state index in [1.165, 1.54) is 6.07 Å². The number of rotatable bonds is 2.